The molecule has 0 radical (unpaired) electrons. The lowest BCUT2D eigenvalue weighted by atomic mass is 10.1. The molecule has 0 bridgehead atoms. The molecular weight excluding hydrogens is 338 g/mol. The number of hydrogen-bond donors (Lipinski definition) is 6. The van der Waals surface area contributed by atoms with E-state index >= 15 is 0 Å². The number of carbonyl (C=O) groups excluding carboxylic acids is 2. The van der Waals surface area contributed by atoms with Crippen LogP contribution in [0.2, 0.25) is 0 Å². The van der Waals surface area contributed by atoms with Gasteiger partial charge in [-0.1, -0.05) is 19.8 Å². The zero-order valence-electron chi connectivity index (χ0n) is 13.5. The van der Waals surface area contributed by atoms with Crippen LogP contribution in [0.3, 0.4) is 0 Å². The zero-order valence-corrected chi connectivity index (χ0v) is 14.4. The van der Waals surface area contributed by atoms with Crippen LogP contribution in [-0.4, -0.2) is 57.8 Å². The molecule has 0 aromatic heterocycles. The molecule has 24 heavy (non-hydrogen) atoms. The Hall–Kier alpha value is -1.81. The van der Waals surface area contributed by atoms with Crippen molar-refractivity contribution in [2.45, 2.75) is 57.2 Å². The maximum atomic E-state index is 12.3. The lowest BCUT2D eigenvalue weighted by Crippen LogP contribution is -2.54. The van der Waals surface area contributed by atoms with E-state index in [-0.39, 0.29) is 12.2 Å². The highest BCUT2D eigenvalue weighted by Gasteiger charge is 2.27. The summed E-state index contributed by atoms with van der Waals surface area (Å²) < 4.78 is 0. The molecule has 2 amide bonds. The van der Waals surface area contributed by atoms with E-state index < -0.39 is 48.3 Å². The van der Waals surface area contributed by atoms with Gasteiger partial charge in [-0.25, -0.2) is 4.79 Å². The number of aliphatic carboxylic acids is 2. The van der Waals surface area contributed by atoms with Crippen LogP contribution in [0.1, 0.15) is 39.0 Å². The topological polar surface area (TPSA) is 159 Å². The van der Waals surface area contributed by atoms with E-state index in [2.05, 4.69) is 23.3 Å². The lowest BCUT2D eigenvalue weighted by molar-refractivity contribution is -0.143. The Morgan fingerprint density at radius 1 is 1.04 bits per heavy atom. The zero-order chi connectivity index (χ0) is 18.7. The normalized spacial score (nSPS) is 14.3. The second-order valence-electron chi connectivity index (χ2n) is 5.32. The molecule has 0 saturated heterocycles. The summed E-state index contributed by atoms with van der Waals surface area (Å²) in [5, 5.41) is 22.4. The minimum Gasteiger partial charge on any atom is -0.481 e. The van der Waals surface area contributed by atoms with Crippen molar-refractivity contribution >= 4 is 36.4 Å². The number of carbonyl (C=O) groups is 4. The summed E-state index contributed by atoms with van der Waals surface area (Å²) in [6, 6.07) is -3.16. The minimum atomic E-state index is -1.34. The van der Waals surface area contributed by atoms with Crippen LogP contribution in [0.5, 0.6) is 0 Å². The molecule has 0 rings (SSSR count). The molecule has 10 heteroatoms. The highest BCUT2D eigenvalue weighted by Crippen LogP contribution is 2.05. The smallest absolute Gasteiger partial charge is 0.326 e. The number of carboxylic acid groups (broad SMARTS) is 2. The fourth-order valence-corrected chi connectivity index (χ4v) is 2.00. The first-order chi connectivity index (χ1) is 11.2. The highest BCUT2D eigenvalue weighted by molar-refractivity contribution is 7.80. The Bertz CT molecular complexity index is 460. The summed E-state index contributed by atoms with van der Waals surface area (Å²) in [5.74, 6) is -3.63. The molecule has 0 aliphatic carbocycles. The third-order valence-corrected chi connectivity index (χ3v) is 3.67. The molecule has 138 valence electrons. The Labute approximate surface area is 145 Å². The SMILES string of the molecule is CCCC[C@H](NC(=O)[C@@H](N)CS)C(=O)N[C@@H](CCC(=O)O)C(=O)O. The van der Waals surface area contributed by atoms with Gasteiger partial charge in [0, 0.05) is 12.2 Å². The molecule has 0 fully saturated rings. The van der Waals surface area contributed by atoms with E-state index in [0.29, 0.717) is 12.8 Å². The van der Waals surface area contributed by atoms with E-state index in [0.717, 1.165) is 6.42 Å². The number of thiol groups is 1. The maximum absolute atomic E-state index is 12.3. The van der Waals surface area contributed by atoms with Gasteiger partial charge in [-0.3, -0.25) is 14.4 Å². The number of nitrogens with one attached hydrogen (secondary N) is 2. The fourth-order valence-electron chi connectivity index (χ4n) is 1.84. The van der Waals surface area contributed by atoms with Crippen LogP contribution in [0, 0.1) is 0 Å². The summed E-state index contributed by atoms with van der Waals surface area (Å²) in [4.78, 5) is 45.8. The van der Waals surface area contributed by atoms with E-state index in [1.54, 1.807) is 0 Å². The summed E-state index contributed by atoms with van der Waals surface area (Å²) in [6.45, 7) is 1.91. The van der Waals surface area contributed by atoms with Crippen molar-refractivity contribution in [3.8, 4) is 0 Å². The summed E-state index contributed by atoms with van der Waals surface area (Å²) in [6.07, 6.45) is 1.09. The highest BCUT2D eigenvalue weighted by atomic mass is 32.1. The van der Waals surface area contributed by atoms with Gasteiger partial charge >= 0.3 is 11.9 Å². The molecule has 6 N–H and O–H groups in total. The Morgan fingerprint density at radius 3 is 2.08 bits per heavy atom. The molecule has 0 aromatic carbocycles. The van der Waals surface area contributed by atoms with Crippen LogP contribution in [0.4, 0.5) is 0 Å². The van der Waals surface area contributed by atoms with Gasteiger partial charge < -0.3 is 26.6 Å². The Balaban J connectivity index is 4.90. The molecular formula is C14H25N3O6S. The third-order valence-electron chi connectivity index (χ3n) is 3.27. The van der Waals surface area contributed by atoms with Gasteiger partial charge in [-0.05, 0) is 12.8 Å². The first kappa shape index (κ1) is 22.2. The lowest BCUT2D eigenvalue weighted by Gasteiger charge is -2.22. The van der Waals surface area contributed by atoms with Crippen molar-refractivity contribution in [1.29, 1.82) is 0 Å². The van der Waals surface area contributed by atoms with Gasteiger partial charge in [0.15, 0.2) is 0 Å². The molecule has 0 aliphatic rings. The van der Waals surface area contributed by atoms with Crippen molar-refractivity contribution in [2.75, 3.05) is 5.75 Å². The number of nitrogens with two attached hydrogens (primary N) is 1. The number of hydrogen-bond acceptors (Lipinski definition) is 6. The third kappa shape index (κ3) is 8.73. The van der Waals surface area contributed by atoms with Crippen LogP contribution in [0.15, 0.2) is 0 Å². The molecule has 0 aromatic rings. The second kappa shape index (κ2) is 11.7. The van der Waals surface area contributed by atoms with E-state index in [1.807, 2.05) is 6.92 Å². The van der Waals surface area contributed by atoms with Crippen LogP contribution in [-0.2, 0) is 19.2 Å². The van der Waals surface area contributed by atoms with Crippen molar-refractivity contribution < 1.29 is 29.4 Å². The standard InChI is InChI=1S/C14H25N3O6S/c1-2-3-4-9(16-12(20)8(15)7-24)13(21)17-10(14(22)23)5-6-11(18)19/h8-10,24H,2-7,15H2,1H3,(H,16,20)(H,17,21)(H,18,19)(H,22,23)/t8-,9-,10-/m0/s1. The Morgan fingerprint density at radius 2 is 1.62 bits per heavy atom. The maximum Gasteiger partial charge on any atom is 0.326 e. The minimum absolute atomic E-state index is 0.102. The molecule has 3 atom stereocenters. The van der Waals surface area contributed by atoms with Gasteiger partial charge in [-0.15, -0.1) is 0 Å². The predicted molar refractivity (Wildman–Crippen MR) is 89.7 cm³/mol. The molecule has 0 unspecified atom stereocenters. The van der Waals surface area contributed by atoms with Gasteiger partial charge in [0.05, 0.1) is 6.04 Å². The van der Waals surface area contributed by atoms with E-state index in [1.165, 1.54) is 0 Å². The molecule has 0 spiro atoms. The first-order valence-electron chi connectivity index (χ1n) is 7.64. The summed E-state index contributed by atoms with van der Waals surface area (Å²) in [7, 11) is 0. The number of amides is 2. The quantitative estimate of drug-likeness (QED) is 0.251. The average Bonchev–Trinajstić information content (AvgIpc) is 2.53. The van der Waals surface area contributed by atoms with Crippen LogP contribution >= 0.6 is 12.6 Å². The van der Waals surface area contributed by atoms with Crippen molar-refractivity contribution in [1.82, 2.24) is 10.6 Å². The summed E-state index contributed by atoms with van der Waals surface area (Å²) in [5.41, 5.74) is 5.54. The fraction of sp³-hybridized carbons (Fsp3) is 0.714. The number of rotatable bonds is 12. The molecule has 0 heterocycles. The second-order valence-corrected chi connectivity index (χ2v) is 5.69. The monoisotopic (exact) mass is 363 g/mol. The van der Waals surface area contributed by atoms with Gasteiger partial charge in [0.2, 0.25) is 11.8 Å². The summed E-state index contributed by atoms with van der Waals surface area (Å²) >= 11 is 3.91. The van der Waals surface area contributed by atoms with Crippen molar-refractivity contribution in [3.63, 3.8) is 0 Å². The van der Waals surface area contributed by atoms with Gasteiger partial charge in [0.25, 0.3) is 0 Å². The largest absolute Gasteiger partial charge is 0.481 e. The van der Waals surface area contributed by atoms with Crippen LogP contribution in [0.25, 0.3) is 0 Å². The number of unbranched alkanes of at least 4 members (excludes halogenated alkanes) is 1. The molecule has 9 nitrogen and oxygen atoms in total. The van der Waals surface area contributed by atoms with Gasteiger partial charge in [0.1, 0.15) is 12.1 Å². The van der Waals surface area contributed by atoms with Crippen LogP contribution < -0.4 is 16.4 Å². The predicted octanol–water partition coefficient (Wildman–Crippen LogP) is -0.647. The number of carboxylic acids is 2. The van der Waals surface area contributed by atoms with E-state index in [9.17, 15) is 19.2 Å². The van der Waals surface area contributed by atoms with Gasteiger partial charge in [-0.2, -0.15) is 12.6 Å². The molecule has 0 aliphatic heterocycles. The first-order valence-corrected chi connectivity index (χ1v) is 8.27. The van der Waals surface area contributed by atoms with E-state index in [4.69, 9.17) is 15.9 Å². The average molecular weight is 363 g/mol. The molecule has 0 saturated carbocycles. The Kier molecular flexibility index (Phi) is 10.8. The van der Waals surface area contributed by atoms with Crippen molar-refractivity contribution in [3.05, 3.63) is 0 Å². The van der Waals surface area contributed by atoms with Crippen molar-refractivity contribution in [2.24, 2.45) is 5.73 Å².